The predicted molar refractivity (Wildman–Crippen MR) is 56.7 cm³/mol. The molecule has 0 aromatic carbocycles. The largest absolute Gasteiger partial charge is 0.445 e. The van der Waals surface area contributed by atoms with E-state index in [4.69, 9.17) is 14.9 Å². The number of hydrogen-bond donors (Lipinski definition) is 1. The number of rotatable bonds is 3. The van der Waals surface area contributed by atoms with Gasteiger partial charge >= 0.3 is 0 Å². The molecule has 1 fully saturated rings. The number of hydrogen-bond acceptors (Lipinski definition) is 4. The van der Waals surface area contributed by atoms with Crippen LogP contribution in [-0.2, 0) is 16.6 Å². The summed E-state index contributed by atoms with van der Waals surface area (Å²) in [7, 11) is 0. The fourth-order valence-corrected chi connectivity index (χ4v) is 1.90. The predicted octanol–water partition coefficient (Wildman–Crippen LogP) is 1.24. The van der Waals surface area contributed by atoms with E-state index in [1.165, 1.54) is 0 Å². The SMILES string of the molecule is CC1(c2cnc(CCN)o2)CCOCC1. The maximum Gasteiger partial charge on any atom is 0.195 e. The van der Waals surface area contributed by atoms with Gasteiger partial charge in [-0.05, 0) is 12.8 Å². The topological polar surface area (TPSA) is 61.3 Å². The Labute approximate surface area is 89.8 Å². The van der Waals surface area contributed by atoms with Crippen LogP contribution in [0.2, 0.25) is 0 Å². The van der Waals surface area contributed by atoms with E-state index >= 15 is 0 Å². The van der Waals surface area contributed by atoms with Gasteiger partial charge in [-0.25, -0.2) is 4.98 Å². The van der Waals surface area contributed by atoms with Crippen LogP contribution in [0.1, 0.15) is 31.4 Å². The summed E-state index contributed by atoms with van der Waals surface area (Å²) in [5.41, 5.74) is 5.56. The minimum absolute atomic E-state index is 0.0953. The van der Waals surface area contributed by atoms with E-state index in [2.05, 4.69) is 11.9 Å². The minimum Gasteiger partial charge on any atom is -0.445 e. The molecule has 1 aromatic heterocycles. The van der Waals surface area contributed by atoms with E-state index in [0.717, 1.165) is 37.7 Å². The van der Waals surface area contributed by atoms with Gasteiger partial charge in [0.15, 0.2) is 5.89 Å². The summed E-state index contributed by atoms with van der Waals surface area (Å²) in [6, 6.07) is 0. The molecule has 0 unspecified atom stereocenters. The van der Waals surface area contributed by atoms with E-state index in [0.29, 0.717) is 13.0 Å². The molecule has 0 bridgehead atoms. The molecule has 1 aliphatic heterocycles. The molecule has 1 saturated heterocycles. The van der Waals surface area contributed by atoms with Gasteiger partial charge < -0.3 is 14.9 Å². The lowest BCUT2D eigenvalue weighted by atomic mass is 9.80. The number of aromatic nitrogens is 1. The summed E-state index contributed by atoms with van der Waals surface area (Å²) < 4.78 is 11.1. The Balaban J connectivity index is 2.12. The Morgan fingerprint density at radius 1 is 1.47 bits per heavy atom. The molecular formula is C11H18N2O2. The minimum atomic E-state index is 0.0953. The summed E-state index contributed by atoms with van der Waals surface area (Å²) in [4.78, 5) is 4.24. The highest BCUT2D eigenvalue weighted by Crippen LogP contribution is 2.34. The van der Waals surface area contributed by atoms with E-state index in [-0.39, 0.29) is 5.41 Å². The highest BCUT2D eigenvalue weighted by molar-refractivity contribution is 5.10. The number of nitrogens with zero attached hydrogens (tertiary/aromatic N) is 1. The molecule has 2 N–H and O–H groups in total. The van der Waals surface area contributed by atoms with Crippen LogP contribution >= 0.6 is 0 Å². The van der Waals surface area contributed by atoms with Gasteiger partial charge in [-0.3, -0.25) is 0 Å². The average molecular weight is 210 g/mol. The summed E-state index contributed by atoms with van der Waals surface area (Å²) in [6.45, 7) is 4.41. The maximum absolute atomic E-state index is 5.72. The molecule has 0 radical (unpaired) electrons. The zero-order valence-corrected chi connectivity index (χ0v) is 9.16. The average Bonchev–Trinajstić information content (AvgIpc) is 2.69. The Kier molecular flexibility index (Phi) is 3.07. The highest BCUT2D eigenvalue weighted by Gasteiger charge is 2.32. The Bertz CT molecular complexity index is 316. The molecule has 84 valence electrons. The zero-order chi connectivity index (χ0) is 10.7. The van der Waals surface area contributed by atoms with Crippen molar-refractivity contribution in [2.45, 2.75) is 31.6 Å². The van der Waals surface area contributed by atoms with E-state index in [1.807, 2.05) is 6.20 Å². The Morgan fingerprint density at radius 2 is 2.20 bits per heavy atom. The monoisotopic (exact) mass is 210 g/mol. The van der Waals surface area contributed by atoms with Crippen LogP contribution in [0.25, 0.3) is 0 Å². The molecule has 2 heterocycles. The fourth-order valence-electron chi connectivity index (χ4n) is 1.90. The van der Waals surface area contributed by atoms with Crippen molar-refractivity contribution >= 4 is 0 Å². The Morgan fingerprint density at radius 3 is 2.87 bits per heavy atom. The van der Waals surface area contributed by atoms with E-state index in [9.17, 15) is 0 Å². The van der Waals surface area contributed by atoms with Crippen LogP contribution in [0.5, 0.6) is 0 Å². The number of nitrogens with two attached hydrogens (primary N) is 1. The first-order chi connectivity index (χ1) is 7.24. The van der Waals surface area contributed by atoms with Crippen molar-refractivity contribution in [3.63, 3.8) is 0 Å². The number of ether oxygens (including phenoxy) is 1. The second-order valence-corrected chi connectivity index (χ2v) is 4.33. The van der Waals surface area contributed by atoms with Crippen molar-refractivity contribution in [3.8, 4) is 0 Å². The molecule has 0 aliphatic carbocycles. The van der Waals surface area contributed by atoms with Crippen molar-refractivity contribution in [2.24, 2.45) is 5.73 Å². The van der Waals surface area contributed by atoms with Crippen LogP contribution < -0.4 is 5.73 Å². The Hall–Kier alpha value is -0.870. The van der Waals surface area contributed by atoms with Gasteiger partial charge in [0.2, 0.25) is 0 Å². The molecule has 0 spiro atoms. The van der Waals surface area contributed by atoms with Gasteiger partial charge in [0.1, 0.15) is 5.76 Å². The highest BCUT2D eigenvalue weighted by atomic mass is 16.5. The first kappa shape index (κ1) is 10.6. The summed E-state index contributed by atoms with van der Waals surface area (Å²) >= 11 is 0. The summed E-state index contributed by atoms with van der Waals surface area (Å²) in [5.74, 6) is 1.73. The van der Waals surface area contributed by atoms with Crippen molar-refractivity contribution in [2.75, 3.05) is 19.8 Å². The van der Waals surface area contributed by atoms with Gasteiger partial charge in [-0.2, -0.15) is 0 Å². The molecule has 2 rings (SSSR count). The van der Waals surface area contributed by atoms with E-state index in [1.54, 1.807) is 0 Å². The normalized spacial score (nSPS) is 20.4. The summed E-state index contributed by atoms with van der Waals surface area (Å²) in [5, 5.41) is 0. The van der Waals surface area contributed by atoms with Crippen molar-refractivity contribution < 1.29 is 9.15 Å². The lowest BCUT2D eigenvalue weighted by Gasteiger charge is -2.30. The van der Waals surface area contributed by atoms with Crippen LogP contribution in [0.15, 0.2) is 10.6 Å². The molecule has 4 heteroatoms. The molecule has 1 aromatic rings. The molecule has 4 nitrogen and oxygen atoms in total. The third kappa shape index (κ3) is 2.21. The van der Waals surface area contributed by atoms with Crippen LogP contribution in [-0.4, -0.2) is 24.7 Å². The van der Waals surface area contributed by atoms with Crippen molar-refractivity contribution in [1.29, 1.82) is 0 Å². The molecule has 0 atom stereocenters. The van der Waals surface area contributed by atoms with Gasteiger partial charge in [-0.15, -0.1) is 0 Å². The first-order valence-corrected chi connectivity index (χ1v) is 5.47. The van der Waals surface area contributed by atoms with Gasteiger partial charge in [-0.1, -0.05) is 6.92 Å². The van der Waals surface area contributed by atoms with Crippen molar-refractivity contribution in [3.05, 3.63) is 17.8 Å². The van der Waals surface area contributed by atoms with Gasteiger partial charge in [0.25, 0.3) is 0 Å². The zero-order valence-electron chi connectivity index (χ0n) is 9.16. The maximum atomic E-state index is 5.72. The standard InChI is InChI=1S/C11H18N2O2/c1-11(3-6-14-7-4-11)9-8-13-10(15-9)2-5-12/h8H,2-7,12H2,1H3. The molecular weight excluding hydrogens is 192 g/mol. The third-order valence-electron chi connectivity index (χ3n) is 3.10. The lowest BCUT2D eigenvalue weighted by molar-refractivity contribution is 0.0485. The molecule has 0 saturated carbocycles. The molecule has 1 aliphatic rings. The smallest absolute Gasteiger partial charge is 0.195 e. The first-order valence-electron chi connectivity index (χ1n) is 5.47. The van der Waals surface area contributed by atoms with Crippen molar-refractivity contribution in [1.82, 2.24) is 4.98 Å². The van der Waals surface area contributed by atoms with Crippen LogP contribution in [0.4, 0.5) is 0 Å². The summed E-state index contributed by atoms with van der Waals surface area (Å²) in [6.07, 6.45) is 4.57. The second-order valence-electron chi connectivity index (χ2n) is 4.33. The fraction of sp³-hybridized carbons (Fsp3) is 0.727. The molecule has 15 heavy (non-hydrogen) atoms. The molecule has 0 amide bonds. The quantitative estimate of drug-likeness (QED) is 0.815. The van der Waals surface area contributed by atoms with E-state index < -0.39 is 0 Å². The van der Waals surface area contributed by atoms with Gasteiger partial charge in [0, 0.05) is 31.6 Å². The van der Waals surface area contributed by atoms with Gasteiger partial charge in [0.05, 0.1) is 6.20 Å². The second kappa shape index (κ2) is 4.33. The van der Waals surface area contributed by atoms with Crippen LogP contribution in [0, 0.1) is 0 Å². The number of oxazole rings is 1. The third-order valence-corrected chi connectivity index (χ3v) is 3.10. The lowest BCUT2D eigenvalue weighted by Crippen LogP contribution is -2.30. The van der Waals surface area contributed by atoms with Crippen LogP contribution in [0.3, 0.4) is 0 Å².